The summed E-state index contributed by atoms with van der Waals surface area (Å²) in [6.45, 7) is 9.05. The first-order chi connectivity index (χ1) is 34.2. The number of likely N-dealkylation sites (N-methyl/N-ethyl adjacent to an activating group) is 1. The van der Waals surface area contributed by atoms with Crippen molar-refractivity contribution in [1.82, 2.24) is 9.80 Å². The van der Waals surface area contributed by atoms with Gasteiger partial charge in [-0.3, -0.25) is 19.2 Å². The van der Waals surface area contributed by atoms with Gasteiger partial charge in [0.1, 0.15) is 24.7 Å². The molecule has 2 atom stereocenters. The van der Waals surface area contributed by atoms with Crippen LogP contribution in [0.1, 0.15) is 99.2 Å². The fraction of sp³-hybridized carbons (Fsp3) is 0.393. The molecule has 5 aromatic carbocycles. The van der Waals surface area contributed by atoms with Crippen LogP contribution in [0.25, 0.3) is 0 Å². The Hall–Kier alpha value is -6.16. The van der Waals surface area contributed by atoms with Crippen molar-refractivity contribution in [2.45, 2.75) is 102 Å². The highest BCUT2D eigenvalue weighted by molar-refractivity contribution is 8.77. The summed E-state index contributed by atoms with van der Waals surface area (Å²) >= 11 is 0. The Kier molecular flexibility index (Phi) is 15.2. The number of aryl methyl sites for hydroxylation is 1. The van der Waals surface area contributed by atoms with Gasteiger partial charge in [-0.05, 0) is 116 Å². The molecule has 15 heteroatoms. The van der Waals surface area contributed by atoms with Gasteiger partial charge in [0, 0.05) is 74.4 Å². The summed E-state index contributed by atoms with van der Waals surface area (Å²) in [5.41, 5.74) is 16.2. The van der Waals surface area contributed by atoms with Crippen molar-refractivity contribution < 1.29 is 33.4 Å². The first-order valence-corrected chi connectivity index (χ1v) is 26.9. The highest BCUT2D eigenvalue weighted by Gasteiger charge is 2.37. The number of carbonyl (C=O) groups is 4. The molecule has 4 N–H and O–H groups in total. The predicted molar refractivity (Wildman–Crippen MR) is 284 cm³/mol. The van der Waals surface area contributed by atoms with E-state index in [1.807, 2.05) is 78.4 Å². The molecule has 0 saturated heterocycles. The number of methoxy groups -OCH3 is 1. The third kappa shape index (κ3) is 11.5. The Balaban J connectivity index is 0.924. The van der Waals surface area contributed by atoms with E-state index in [-0.39, 0.29) is 60.1 Å². The van der Waals surface area contributed by atoms with E-state index in [1.54, 1.807) is 34.8 Å². The Morgan fingerprint density at radius 3 is 2.10 bits per heavy atom. The molecule has 4 heterocycles. The lowest BCUT2D eigenvalue weighted by Gasteiger charge is -2.36. The smallest absolute Gasteiger partial charge is 0.256 e. The number of amides is 3. The minimum atomic E-state index is -0.174. The van der Waals surface area contributed by atoms with Crippen LogP contribution in [0, 0.1) is 6.92 Å². The lowest BCUT2D eigenvalue weighted by molar-refractivity contribution is -0.118. The average molecular weight is 997 g/mol. The molecule has 0 unspecified atom stereocenters. The van der Waals surface area contributed by atoms with Crippen molar-refractivity contribution in [2.24, 2.45) is 5.73 Å². The molecule has 9 rings (SSSR count). The van der Waals surface area contributed by atoms with E-state index in [0.717, 1.165) is 47.4 Å². The summed E-state index contributed by atoms with van der Waals surface area (Å²) in [5.74, 6) is 2.35. The van der Waals surface area contributed by atoms with Gasteiger partial charge in [0.15, 0.2) is 11.5 Å². The van der Waals surface area contributed by atoms with Crippen LogP contribution in [-0.4, -0.2) is 89.7 Å². The van der Waals surface area contributed by atoms with E-state index >= 15 is 0 Å². The zero-order valence-corrected chi connectivity index (χ0v) is 42.9. The molecule has 0 fully saturated rings. The second-order valence-corrected chi connectivity index (χ2v) is 22.9. The summed E-state index contributed by atoms with van der Waals surface area (Å²) in [6.07, 6.45) is 3.80. The van der Waals surface area contributed by atoms with E-state index in [1.165, 1.54) is 22.3 Å². The summed E-state index contributed by atoms with van der Waals surface area (Å²) in [6, 6.07) is 30.1. The molecule has 3 amide bonds. The normalized spacial score (nSPS) is 17.0. The van der Waals surface area contributed by atoms with Gasteiger partial charge in [-0.1, -0.05) is 70.1 Å². The van der Waals surface area contributed by atoms with Gasteiger partial charge in [0.2, 0.25) is 5.91 Å². The maximum absolute atomic E-state index is 14.2. The van der Waals surface area contributed by atoms with Crippen molar-refractivity contribution in [1.29, 1.82) is 0 Å². The number of ketones is 1. The van der Waals surface area contributed by atoms with Gasteiger partial charge in [0.25, 0.3) is 11.8 Å². The quantitative estimate of drug-likeness (QED) is 0.0566. The standard InChI is InChI=1S/C56H64N6O7S2/c1-35-19-47-49(60(4)32-44-24-39-12-7-9-14-41(39)31-62(44)55(47)66)27-50(35)68-33-36-20-37(22-42(21-36)59-53(64)16-17-56(2,3)71-70-18-10-15-45(63)28-57)34-69-52-26-48-46(25-51(52)67-5)54(65)61-30-40-13-8-6-11-38(40)23-43(61)29-58-48/h6-9,11-14,19-22,25-27,43-44,58H,10,15-18,23-24,28-34,57H2,1-5H3,(H,59,64)/t43-,44-/m0/s1. The summed E-state index contributed by atoms with van der Waals surface area (Å²) in [4.78, 5) is 59.7. The van der Waals surface area contributed by atoms with Crippen molar-refractivity contribution in [2.75, 3.05) is 55.1 Å². The monoisotopic (exact) mass is 996 g/mol. The molecule has 0 aromatic heterocycles. The third-order valence-corrected chi connectivity index (χ3v) is 17.4. The maximum Gasteiger partial charge on any atom is 0.256 e. The van der Waals surface area contributed by atoms with Crippen molar-refractivity contribution in [3.63, 3.8) is 0 Å². The van der Waals surface area contributed by atoms with Gasteiger partial charge in [-0.25, -0.2) is 0 Å². The largest absolute Gasteiger partial charge is 0.493 e. The molecule has 0 radical (unpaired) electrons. The number of carbonyl (C=O) groups excluding carboxylic acids is 4. The Morgan fingerprint density at radius 2 is 1.42 bits per heavy atom. The van der Waals surface area contributed by atoms with Gasteiger partial charge in [-0.15, -0.1) is 0 Å². The lowest BCUT2D eigenvalue weighted by atomic mass is 9.93. The molecule has 71 heavy (non-hydrogen) atoms. The lowest BCUT2D eigenvalue weighted by Crippen LogP contribution is -2.47. The Labute approximate surface area is 424 Å². The van der Waals surface area contributed by atoms with Crippen LogP contribution in [0.5, 0.6) is 17.2 Å². The molecule has 4 aliphatic rings. The number of Topliss-reactive ketones (excluding diaryl/α,β-unsaturated/α-hetero) is 1. The molecule has 0 spiro atoms. The van der Waals surface area contributed by atoms with Crippen LogP contribution < -0.4 is 35.5 Å². The minimum Gasteiger partial charge on any atom is -0.493 e. The Morgan fingerprint density at radius 1 is 0.789 bits per heavy atom. The second-order valence-electron chi connectivity index (χ2n) is 19.7. The summed E-state index contributed by atoms with van der Waals surface area (Å²) in [7, 11) is 7.06. The van der Waals surface area contributed by atoms with Gasteiger partial charge < -0.3 is 45.3 Å². The van der Waals surface area contributed by atoms with E-state index in [0.29, 0.717) is 85.2 Å². The fourth-order valence-corrected chi connectivity index (χ4v) is 12.7. The van der Waals surface area contributed by atoms with Crippen LogP contribution in [-0.2, 0) is 48.7 Å². The molecular weight excluding hydrogens is 933 g/mol. The molecule has 0 saturated carbocycles. The third-order valence-electron chi connectivity index (χ3n) is 14.0. The van der Waals surface area contributed by atoms with E-state index in [4.69, 9.17) is 19.9 Å². The van der Waals surface area contributed by atoms with E-state index in [2.05, 4.69) is 59.7 Å². The van der Waals surface area contributed by atoms with E-state index in [9.17, 15) is 19.2 Å². The number of ether oxygens (including phenoxy) is 3. The number of nitrogens with two attached hydrogens (primary N) is 1. The van der Waals surface area contributed by atoms with Crippen LogP contribution in [0.4, 0.5) is 17.1 Å². The first kappa shape index (κ1) is 49.8. The fourth-order valence-electron chi connectivity index (χ4n) is 10.1. The highest BCUT2D eigenvalue weighted by Crippen LogP contribution is 2.41. The SMILES string of the molecule is COc1cc2c(cc1OCc1cc(COc3cc4c(cc3C)C(=O)N3Cc5ccccc5C[C@H]3CN4C)cc(NC(=O)CCC(C)(C)SSCCCC(=O)CN)c1)NC[C@@H]1Cc3ccccc3CN1C2=O. The van der Waals surface area contributed by atoms with Crippen molar-refractivity contribution in [3.05, 3.63) is 141 Å². The number of fused-ring (bicyclic) bond motifs is 6. The second kappa shape index (κ2) is 21.7. The molecule has 0 aliphatic carbocycles. The number of hydrogen-bond donors (Lipinski definition) is 3. The molecule has 372 valence electrons. The molecule has 0 bridgehead atoms. The zero-order valence-electron chi connectivity index (χ0n) is 41.3. The average Bonchev–Trinajstić information content (AvgIpc) is 3.55. The Bertz CT molecular complexity index is 2840. The minimum absolute atomic E-state index is 0.00543. The number of benzene rings is 5. The number of anilines is 3. The van der Waals surface area contributed by atoms with Crippen LogP contribution in [0.2, 0.25) is 0 Å². The number of nitrogens with zero attached hydrogens (tertiary/aromatic N) is 3. The molecule has 13 nitrogen and oxygen atoms in total. The van der Waals surface area contributed by atoms with Crippen molar-refractivity contribution in [3.8, 4) is 17.2 Å². The number of nitrogens with one attached hydrogen (secondary N) is 2. The number of hydrogen-bond acceptors (Lipinski definition) is 12. The number of rotatable bonds is 18. The topological polar surface area (TPSA) is 156 Å². The van der Waals surface area contributed by atoms with E-state index < -0.39 is 0 Å². The van der Waals surface area contributed by atoms with Crippen LogP contribution in [0.3, 0.4) is 0 Å². The highest BCUT2D eigenvalue weighted by atomic mass is 33.1. The summed E-state index contributed by atoms with van der Waals surface area (Å²) < 4.78 is 18.8. The zero-order chi connectivity index (χ0) is 49.8. The molecular formula is C56H64N6O7S2. The van der Waals surface area contributed by atoms with Crippen LogP contribution in [0.15, 0.2) is 91.0 Å². The predicted octanol–water partition coefficient (Wildman–Crippen LogP) is 9.36. The van der Waals surface area contributed by atoms with Gasteiger partial charge >= 0.3 is 0 Å². The molecule has 5 aromatic rings. The summed E-state index contributed by atoms with van der Waals surface area (Å²) in [5, 5.41) is 6.69. The molecule has 4 aliphatic heterocycles. The van der Waals surface area contributed by atoms with Gasteiger partial charge in [-0.2, -0.15) is 0 Å². The van der Waals surface area contributed by atoms with Crippen molar-refractivity contribution >= 4 is 62.2 Å². The van der Waals surface area contributed by atoms with Gasteiger partial charge in [0.05, 0.1) is 48.2 Å². The maximum atomic E-state index is 14.2. The first-order valence-electron chi connectivity index (χ1n) is 24.5. The van der Waals surface area contributed by atoms with Crippen LogP contribution >= 0.6 is 21.6 Å².